The molecule has 5 rings (SSSR count). The standard InChI is InChI=1S/C19H19F4N5OS.C9H17N/c1-10(2)28-16-12(9-25-18(24)26-16)7-13(17(28)29)11-3-4-15(14(20)8-11)27-30-6-5-19(21,22)23;1-10-7-9(8-10)5-3-2-4-6-9/h3-4,7-10,27H,5-6H2,1-2H3,(H2,24,25,26);2-8H2,1H3. The minimum absolute atomic E-state index is 0.0343. The van der Waals surface area contributed by atoms with E-state index in [9.17, 15) is 22.4 Å². The average Bonchev–Trinajstić information content (AvgIpc) is 2.86. The Hall–Kier alpha value is -2.86. The van der Waals surface area contributed by atoms with Crippen LogP contribution < -0.4 is 16.0 Å². The molecule has 1 saturated heterocycles. The molecule has 0 unspecified atom stereocenters. The van der Waals surface area contributed by atoms with E-state index in [1.54, 1.807) is 6.07 Å². The van der Waals surface area contributed by atoms with Gasteiger partial charge in [0.25, 0.3) is 5.56 Å². The van der Waals surface area contributed by atoms with Crippen molar-refractivity contribution in [1.29, 1.82) is 0 Å². The average molecular weight is 581 g/mol. The summed E-state index contributed by atoms with van der Waals surface area (Å²) in [6, 6.07) is 5.41. The zero-order valence-corrected chi connectivity index (χ0v) is 23.8. The molecule has 0 atom stereocenters. The minimum atomic E-state index is -4.27. The number of rotatable bonds is 6. The van der Waals surface area contributed by atoms with Crippen molar-refractivity contribution in [2.45, 2.75) is 64.6 Å². The van der Waals surface area contributed by atoms with E-state index in [-0.39, 0.29) is 34.6 Å². The third kappa shape index (κ3) is 7.25. The quantitative estimate of drug-likeness (QED) is 0.192. The molecule has 1 spiro atoms. The number of nitrogen functional groups attached to an aromatic ring is 1. The monoisotopic (exact) mass is 580 g/mol. The Morgan fingerprint density at radius 3 is 2.45 bits per heavy atom. The van der Waals surface area contributed by atoms with Crippen LogP contribution in [0.3, 0.4) is 0 Å². The van der Waals surface area contributed by atoms with E-state index in [2.05, 4.69) is 26.6 Å². The van der Waals surface area contributed by atoms with E-state index in [0.29, 0.717) is 16.6 Å². The molecule has 0 bridgehead atoms. The summed E-state index contributed by atoms with van der Waals surface area (Å²) >= 11 is 0.758. The van der Waals surface area contributed by atoms with Crippen molar-refractivity contribution < 1.29 is 17.6 Å². The molecular formula is C28H36F4N6OS. The van der Waals surface area contributed by atoms with Crippen LogP contribution in [-0.4, -0.2) is 51.5 Å². The lowest BCUT2D eigenvalue weighted by Gasteiger charge is -2.51. The molecule has 2 aromatic heterocycles. The first-order chi connectivity index (χ1) is 18.9. The summed E-state index contributed by atoms with van der Waals surface area (Å²) in [5, 5.41) is 0.567. The molecule has 1 aliphatic carbocycles. The predicted octanol–water partition coefficient (Wildman–Crippen LogP) is 6.66. The first kappa shape index (κ1) is 30.1. The van der Waals surface area contributed by atoms with Crippen molar-refractivity contribution in [2.75, 3.05) is 36.3 Å². The first-order valence-electron chi connectivity index (χ1n) is 13.5. The van der Waals surface area contributed by atoms with Gasteiger partial charge in [0.05, 0.1) is 12.1 Å². The molecule has 1 saturated carbocycles. The molecule has 0 amide bonds. The lowest BCUT2D eigenvalue weighted by molar-refractivity contribution is -0.129. The summed E-state index contributed by atoms with van der Waals surface area (Å²) in [6.45, 7) is 6.39. The normalized spacial score (nSPS) is 17.0. The molecule has 7 nitrogen and oxygen atoms in total. The van der Waals surface area contributed by atoms with Crippen molar-refractivity contribution in [2.24, 2.45) is 5.41 Å². The summed E-state index contributed by atoms with van der Waals surface area (Å²) in [6.07, 6.45) is 3.74. The maximum atomic E-state index is 14.5. The van der Waals surface area contributed by atoms with E-state index >= 15 is 0 Å². The Kier molecular flexibility index (Phi) is 9.29. The second-order valence-corrected chi connectivity index (χ2v) is 12.0. The highest BCUT2D eigenvalue weighted by Gasteiger charge is 2.41. The fourth-order valence-electron chi connectivity index (χ4n) is 5.60. The highest BCUT2D eigenvalue weighted by Crippen LogP contribution is 2.42. The smallest absolute Gasteiger partial charge is 0.368 e. The molecule has 0 radical (unpaired) electrons. The highest BCUT2D eigenvalue weighted by atomic mass is 32.2. The molecule has 2 fully saturated rings. The van der Waals surface area contributed by atoms with Crippen molar-refractivity contribution in [3.05, 3.63) is 46.6 Å². The summed E-state index contributed by atoms with van der Waals surface area (Å²) < 4.78 is 55.1. The van der Waals surface area contributed by atoms with Crippen LogP contribution in [0.2, 0.25) is 0 Å². The maximum absolute atomic E-state index is 14.5. The fourth-order valence-corrected chi connectivity index (χ4v) is 6.35. The van der Waals surface area contributed by atoms with Crippen LogP contribution >= 0.6 is 11.9 Å². The Balaban J connectivity index is 0.000000307. The summed E-state index contributed by atoms with van der Waals surface area (Å²) in [4.78, 5) is 23.6. The fraction of sp³-hybridized carbons (Fsp3) is 0.536. The first-order valence-corrected chi connectivity index (χ1v) is 14.5. The van der Waals surface area contributed by atoms with E-state index in [0.717, 1.165) is 23.4 Å². The number of halogens is 4. The van der Waals surface area contributed by atoms with Crippen molar-refractivity contribution in [3.63, 3.8) is 0 Å². The largest absolute Gasteiger partial charge is 0.389 e. The van der Waals surface area contributed by atoms with E-state index in [4.69, 9.17) is 5.73 Å². The number of anilines is 2. The Morgan fingerprint density at radius 2 is 1.85 bits per heavy atom. The number of nitrogens with zero attached hydrogens (tertiary/aromatic N) is 4. The molecule has 40 heavy (non-hydrogen) atoms. The van der Waals surface area contributed by atoms with Gasteiger partial charge < -0.3 is 15.4 Å². The second-order valence-electron chi connectivity index (χ2n) is 11.1. The molecule has 12 heteroatoms. The van der Waals surface area contributed by atoms with Crippen molar-refractivity contribution in [3.8, 4) is 11.1 Å². The number of nitrogens with one attached hydrogen (secondary N) is 1. The van der Waals surface area contributed by atoms with E-state index in [1.165, 1.54) is 68.1 Å². The van der Waals surface area contributed by atoms with Gasteiger partial charge in [0.1, 0.15) is 11.5 Å². The van der Waals surface area contributed by atoms with Gasteiger partial charge in [0, 0.05) is 42.0 Å². The van der Waals surface area contributed by atoms with Crippen LogP contribution in [0.1, 0.15) is 58.4 Å². The number of fused-ring (bicyclic) bond motifs is 1. The molecule has 1 aliphatic heterocycles. The molecular weight excluding hydrogens is 544 g/mol. The molecule has 3 heterocycles. The van der Waals surface area contributed by atoms with Crippen LogP contribution in [0.25, 0.3) is 22.2 Å². The zero-order chi connectivity index (χ0) is 29.1. The van der Waals surface area contributed by atoms with E-state index in [1.807, 2.05) is 13.8 Å². The SMILES string of the molecule is CC(C)n1c(=O)c(-c2ccc(NSCCC(F)(F)F)c(F)c2)cc2cnc(N)nc21.CN1CC2(CCCCC2)C1. The molecule has 218 valence electrons. The van der Waals surface area contributed by atoms with Gasteiger partial charge in [-0.15, -0.1) is 0 Å². The zero-order valence-electron chi connectivity index (χ0n) is 23.0. The molecule has 3 N–H and O–H groups in total. The summed E-state index contributed by atoms with van der Waals surface area (Å²) in [5.41, 5.74) is 7.07. The number of pyridine rings is 1. The number of nitrogens with two attached hydrogens (primary N) is 1. The van der Waals surface area contributed by atoms with Gasteiger partial charge in [-0.1, -0.05) is 37.3 Å². The number of benzene rings is 1. The molecule has 2 aliphatic rings. The third-order valence-corrected chi connectivity index (χ3v) is 8.16. The van der Waals surface area contributed by atoms with Crippen LogP contribution in [0, 0.1) is 11.2 Å². The van der Waals surface area contributed by atoms with Crippen molar-refractivity contribution >= 4 is 34.6 Å². The number of hydrogen-bond donors (Lipinski definition) is 2. The molecule has 1 aromatic carbocycles. The molecule has 3 aromatic rings. The van der Waals surface area contributed by atoms with Crippen LogP contribution in [-0.2, 0) is 0 Å². The Morgan fingerprint density at radius 1 is 1.15 bits per heavy atom. The van der Waals surface area contributed by atoms with Gasteiger partial charge in [-0.05, 0) is 62.9 Å². The van der Waals surface area contributed by atoms with Gasteiger partial charge >= 0.3 is 6.18 Å². The maximum Gasteiger partial charge on any atom is 0.389 e. The number of likely N-dealkylation sites (tertiary alicyclic amines) is 1. The van der Waals surface area contributed by atoms with Gasteiger partial charge in [-0.3, -0.25) is 9.36 Å². The van der Waals surface area contributed by atoms with Crippen molar-refractivity contribution in [1.82, 2.24) is 19.4 Å². The van der Waals surface area contributed by atoms with Gasteiger partial charge in [0.15, 0.2) is 0 Å². The Labute approximate surface area is 235 Å². The van der Waals surface area contributed by atoms with E-state index < -0.39 is 18.4 Å². The summed E-state index contributed by atoms with van der Waals surface area (Å²) in [5.74, 6) is -0.901. The highest BCUT2D eigenvalue weighted by molar-refractivity contribution is 8.00. The number of aromatic nitrogens is 3. The lowest BCUT2D eigenvalue weighted by Crippen LogP contribution is -2.54. The van der Waals surface area contributed by atoms with Crippen LogP contribution in [0.4, 0.5) is 29.2 Å². The van der Waals surface area contributed by atoms with Gasteiger partial charge in [0.2, 0.25) is 5.95 Å². The number of alkyl halides is 3. The minimum Gasteiger partial charge on any atom is -0.368 e. The van der Waals surface area contributed by atoms with Gasteiger partial charge in [-0.25, -0.2) is 9.37 Å². The van der Waals surface area contributed by atoms with Crippen LogP contribution in [0.5, 0.6) is 0 Å². The topological polar surface area (TPSA) is 89.1 Å². The summed E-state index contributed by atoms with van der Waals surface area (Å²) in [7, 11) is 2.24. The second kappa shape index (κ2) is 12.3. The van der Waals surface area contributed by atoms with Crippen LogP contribution in [0.15, 0.2) is 35.3 Å². The number of hydrogen-bond acceptors (Lipinski definition) is 7. The lowest BCUT2D eigenvalue weighted by atomic mass is 9.69. The Bertz CT molecular complexity index is 1370. The van der Waals surface area contributed by atoms with Gasteiger partial charge in [-0.2, -0.15) is 18.2 Å². The third-order valence-electron chi connectivity index (χ3n) is 7.38. The predicted molar refractivity (Wildman–Crippen MR) is 154 cm³/mol.